The highest BCUT2D eigenvalue weighted by molar-refractivity contribution is 5.88. The van der Waals surface area contributed by atoms with E-state index < -0.39 is 46.2 Å². The lowest BCUT2D eigenvalue weighted by molar-refractivity contribution is -0.137. The molecule has 0 aliphatic heterocycles. The summed E-state index contributed by atoms with van der Waals surface area (Å²) in [5.41, 5.74) is -3.20. The van der Waals surface area contributed by atoms with Crippen molar-refractivity contribution in [2.75, 3.05) is 0 Å². The summed E-state index contributed by atoms with van der Waals surface area (Å²) in [7, 11) is 0. The summed E-state index contributed by atoms with van der Waals surface area (Å²) in [6.45, 7) is 1.02. The van der Waals surface area contributed by atoms with Crippen LogP contribution in [0.5, 0.6) is 5.75 Å². The molecule has 0 amide bonds. The van der Waals surface area contributed by atoms with Gasteiger partial charge in [-0.15, -0.1) is 0 Å². The molecule has 3 aromatic rings. The first-order valence-electron chi connectivity index (χ1n) is 8.72. The second-order valence-corrected chi connectivity index (χ2v) is 6.57. The third-order valence-electron chi connectivity index (χ3n) is 4.39. The molecule has 0 aliphatic carbocycles. The third-order valence-corrected chi connectivity index (χ3v) is 4.39. The summed E-state index contributed by atoms with van der Waals surface area (Å²) >= 11 is 0. The minimum atomic E-state index is -4.91. The Balaban J connectivity index is 1.99. The Bertz CT molecular complexity index is 1220. The molecule has 1 heterocycles. The topological polar surface area (TPSA) is 68.5 Å². The molecule has 0 saturated heterocycles. The Morgan fingerprint density at radius 3 is 2.35 bits per heavy atom. The molecule has 0 unspecified atom stereocenters. The van der Waals surface area contributed by atoms with Gasteiger partial charge in [-0.25, -0.2) is 13.6 Å². The molecule has 162 valence electrons. The van der Waals surface area contributed by atoms with Gasteiger partial charge in [-0.3, -0.25) is 9.36 Å². The number of carboxylic acid groups (broad SMARTS) is 1. The molecule has 0 spiro atoms. The first kappa shape index (κ1) is 22.0. The second-order valence-electron chi connectivity index (χ2n) is 6.57. The van der Waals surface area contributed by atoms with Crippen molar-refractivity contribution in [2.45, 2.75) is 19.7 Å². The lowest BCUT2D eigenvalue weighted by Gasteiger charge is -2.18. The van der Waals surface area contributed by atoms with Crippen molar-refractivity contribution in [1.29, 1.82) is 0 Å². The van der Waals surface area contributed by atoms with E-state index in [0.717, 1.165) is 28.8 Å². The van der Waals surface area contributed by atoms with Gasteiger partial charge in [0.2, 0.25) is 0 Å². The zero-order valence-electron chi connectivity index (χ0n) is 15.8. The van der Waals surface area contributed by atoms with E-state index in [9.17, 15) is 31.5 Å². The molecule has 2 aromatic carbocycles. The summed E-state index contributed by atoms with van der Waals surface area (Å²) in [5.74, 6) is -3.19. The number of aromatic nitrogens is 1. The molecule has 31 heavy (non-hydrogen) atoms. The molecule has 0 radical (unpaired) electrons. The highest BCUT2D eigenvalue weighted by Gasteiger charge is 2.35. The van der Waals surface area contributed by atoms with Crippen LogP contribution >= 0.6 is 0 Å². The molecule has 0 saturated carbocycles. The van der Waals surface area contributed by atoms with Crippen LogP contribution in [0.2, 0.25) is 0 Å². The van der Waals surface area contributed by atoms with Gasteiger partial charge in [-0.1, -0.05) is 0 Å². The van der Waals surface area contributed by atoms with Gasteiger partial charge in [-0.2, -0.15) is 13.2 Å². The van der Waals surface area contributed by atoms with Crippen molar-refractivity contribution in [3.63, 3.8) is 0 Å². The number of carboxylic acids is 1. The number of ether oxygens (including phenoxy) is 1. The number of halogens is 5. The fourth-order valence-electron chi connectivity index (χ4n) is 2.96. The maximum Gasteiger partial charge on any atom is 0.418 e. The molecule has 1 N–H and O–H groups in total. The van der Waals surface area contributed by atoms with Gasteiger partial charge < -0.3 is 9.84 Å². The Kier molecular flexibility index (Phi) is 5.83. The van der Waals surface area contributed by atoms with Gasteiger partial charge in [0, 0.05) is 29.5 Å². The van der Waals surface area contributed by atoms with Crippen LogP contribution in [0.1, 0.15) is 27.2 Å². The van der Waals surface area contributed by atoms with Gasteiger partial charge >= 0.3 is 12.1 Å². The van der Waals surface area contributed by atoms with Crippen LogP contribution in [0.15, 0.2) is 53.3 Å². The van der Waals surface area contributed by atoms with Crippen molar-refractivity contribution >= 4 is 5.97 Å². The normalized spacial score (nSPS) is 11.4. The quantitative estimate of drug-likeness (QED) is 0.585. The maximum atomic E-state index is 13.7. The molecule has 0 fully saturated rings. The Hall–Kier alpha value is -3.69. The second kappa shape index (κ2) is 8.21. The Morgan fingerprint density at radius 2 is 1.77 bits per heavy atom. The van der Waals surface area contributed by atoms with E-state index in [1.807, 2.05) is 0 Å². The number of hydrogen-bond acceptors (Lipinski definition) is 3. The molecule has 10 heteroatoms. The summed E-state index contributed by atoms with van der Waals surface area (Å²) < 4.78 is 73.3. The summed E-state index contributed by atoms with van der Waals surface area (Å²) in [5, 5.41) is 8.97. The average molecular weight is 439 g/mol. The first-order chi connectivity index (χ1) is 14.5. The highest BCUT2D eigenvalue weighted by Crippen LogP contribution is 2.35. The number of hydrogen-bond donors (Lipinski definition) is 1. The number of rotatable bonds is 5. The summed E-state index contributed by atoms with van der Waals surface area (Å²) in [4.78, 5) is 23.6. The summed E-state index contributed by atoms with van der Waals surface area (Å²) in [6.07, 6.45) is -4.91. The Labute approximate surface area is 171 Å². The smallest absolute Gasteiger partial charge is 0.418 e. The number of aromatic carboxylic acids is 1. The van der Waals surface area contributed by atoms with E-state index in [4.69, 9.17) is 9.84 Å². The van der Waals surface area contributed by atoms with E-state index in [0.29, 0.717) is 12.1 Å². The van der Waals surface area contributed by atoms with Crippen LogP contribution in [0.4, 0.5) is 22.0 Å². The van der Waals surface area contributed by atoms with Gasteiger partial charge in [0.15, 0.2) is 0 Å². The monoisotopic (exact) mass is 439 g/mol. The minimum absolute atomic E-state index is 0.0202. The maximum absolute atomic E-state index is 13.7. The van der Waals surface area contributed by atoms with Crippen molar-refractivity contribution in [3.8, 4) is 11.4 Å². The van der Waals surface area contributed by atoms with E-state index in [-0.39, 0.29) is 23.6 Å². The molecule has 5 nitrogen and oxygen atoms in total. The van der Waals surface area contributed by atoms with Gasteiger partial charge in [-0.05, 0) is 37.3 Å². The molecule has 0 atom stereocenters. The molecular weight excluding hydrogens is 425 g/mol. The van der Waals surface area contributed by atoms with Crippen LogP contribution in [-0.2, 0) is 12.8 Å². The van der Waals surface area contributed by atoms with Gasteiger partial charge in [0.05, 0.1) is 16.8 Å². The fraction of sp³-hybridized carbons (Fsp3) is 0.143. The first-order valence-corrected chi connectivity index (χ1v) is 8.72. The highest BCUT2D eigenvalue weighted by atomic mass is 19.4. The van der Waals surface area contributed by atoms with E-state index in [1.165, 1.54) is 19.1 Å². The van der Waals surface area contributed by atoms with Gasteiger partial charge in [0.25, 0.3) is 5.56 Å². The fourth-order valence-corrected chi connectivity index (χ4v) is 2.96. The lowest BCUT2D eigenvalue weighted by atomic mass is 10.1. The largest absolute Gasteiger partial charge is 0.489 e. The molecule has 1 aromatic heterocycles. The van der Waals surface area contributed by atoms with E-state index >= 15 is 0 Å². The zero-order chi connectivity index (χ0) is 22.9. The van der Waals surface area contributed by atoms with Crippen LogP contribution in [-0.4, -0.2) is 15.6 Å². The van der Waals surface area contributed by atoms with Gasteiger partial charge in [0.1, 0.15) is 24.0 Å². The molecule has 0 aliphatic rings. The number of pyridine rings is 1. The van der Waals surface area contributed by atoms with Crippen LogP contribution < -0.4 is 10.3 Å². The van der Waals surface area contributed by atoms with Crippen molar-refractivity contribution in [1.82, 2.24) is 4.57 Å². The lowest BCUT2D eigenvalue weighted by Crippen LogP contribution is -2.23. The van der Waals surface area contributed by atoms with Crippen LogP contribution in [0.3, 0.4) is 0 Å². The summed E-state index contributed by atoms with van der Waals surface area (Å²) in [6, 6.07) is 7.36. The predicted molar refractivity (Wildman–Crippen MR) is 99.4 cm³/mol. The predicted octanol–water partition coefficient (Wildman–Crippen LogP) is 4.72. The zero-order valence-corrected chi connectivity index (χ0v) is 15.8. The van der Waals surface area contributed by atoms with E-state index in [1.54, 1.807) is 0 Å². The standard InChI is InChI=1S/C21H14F5NO4/c1-11-6-15(31-10-13-2-4-14(22)8-17(13)23)9-19(28)27(11)18-5-3-12(20(29)30)7-16(18)21(24,25)26/h2-9H,10H2,1H3,(H,29,30). The molecular formula is C21H14F5NO4. The average Bonchev–Trinajstić information content (AvgIpc) is 2.66. The van der Waals surface area contributed by atoms with Crippen LogP contribution in [0.25, 0.3) is 5.69 Å². The number of benzene rings is 2. The minimum Gasteiger partial charge on any atom is -0.489 e. The number of carbonyl (C=O) groups is 1. The molecule has 3 rings (SSSR count). The number of nitrogens with zero attached hydrogens (tertiary/aromatic N) is 1. The van der Waals surface area contributed by atoms with Crippen molar-refractivity contribution < 1.29 is 36.6 Å². The molecule has 0 bridgehead atoms. The van der Waals surface area contributed by atoms with Crippen molar-refractivity contribution in [2.24, 2.45) is 0 Å². The van der Waals surface area contributed by atoms with E-state index in [2.05, 4.69) is 0 Å². The number of alkyl halides is 3. The van der Waals surface area contributed by atoms with Crippen LogP contribution in [0, 0.1) is 18.6 Å². The SMILES string of the molecule is Cc1cc(OCc2ccc(F)cc2F)cc(=O)n1-c1ccc(C(=O)O)cc1C(F)(F)F. The Morgan fingerprint density at radius 1 is 1.06 bits per heavy atom. The van der Waals surface area contributed by atoms with Crippen molar-refractivity contribution in [3.05, 3.63) is 92.9 Å². The third kappa shape index (κ3) is 4.73. The number of aryl methyl sites for hydroxylation is 1.